The van der Waals surface area contributed by atoms with Gasteiger partial charge in [-0.25, -0.2) is 13.9 Å². The van der Waals surface area contributed by atoms with Gasteiger partial charge in [0, 0.05) is 29.4 Å². The zero-order valence-electron chi connectivity index (χ0n) is 21.8. The monoisotopic (exact) mass is 529 g/mol. The highest BCUT2D eigenvalue weighted by molar-refractivity contribution is 5.97. The molecule has 4 aromatic rings. The lowest BCUT2D eigenvalue weighted by Crippen LogP contribution is -2.39. The predicted molar refractivity (Wildman–Crippen MR) is 142 cm³/mol. The fourth-order valence-electron chi connectivity index (χ4n) is 4.93. The number of aliphatic carboxylic acids is 1. The van der Waals surface area contributed by atoms with Crippen molar-refractivity contribution >= 4 is 23.4 Å². The molecule has 200 valence electrons. The maximum atomic E-state index is 15.1. The van der Waals surface area contributed by atoms with Crippen LogP contribution in [0.2, 0.25) is 0 Å². The Morgan fingerprint density at radius 1 is 1.15 bits per heavy atom. The molecule has 2 aromatic carbocycles. The topological polar surface area (TPSA) is 117 Å². The molecule has 0 aliphatic carbocycles. The van der Waals surface area contributed by atoms with Crippen molar-refractivity contribution in [3.05, 3.63) is 88.5 Å². The maximum absolute atomic E-state index is 15.1. The number of aromatic nitrogens is 3. The van der Waals surface area contributed by atoms with E-state index < -0.39 is 23.7 Å². The molecule has 2 amide bonds. The Balaban J connectivity index is 1.45. The molecule has 0 fully saturated rings. The summed E-state index contributed by atoms with van der Waals surface area (Å²) in [5.74, 6) is -2.75. The van der Waals surface area contributed by atoms with Gasteiger partial charge < -0.3 is 15.3 Å². The molecule has 5 rings (SSSR count). The molecule has 3 heterocycles. The number of hydrogen-bond acceptors (Lipinski definition) is 5. The molecule has 0 saturated carbocycles. The first-order chi connectivity index (χ1) is 18.7. The quantitative estimate of drug-likeness (QED) is 0.389. The van der Waals surface area contributed by atoms with E-state index in [9.17, 15) is 14.4 Å². The van der Waals surface area contributed by atoms with Crippen LogP contribution in [-0.2, 0) is 17.6 Å². The molecule has 2 atom stereocenters. The van der Waals surface area contributed by atoms with E-state index in [2.05, 4.69) is 21.5 Å². The SMILES string of the molecule is CCc1cc(C(=O)N2CCc3ccccc3C2C)nc2cc(-c3ccc(C(=O)NC(C)C(=O)O)cc3F)nn12. The Labute approximate surface area is 224 Å². The molecule has 39 heavy (non-hydrogen) atoms. The van der Waals surface area contributed by atoms with Crippen molar-refractivity contribution in [3.63, 3.8) is 0 Å². The number of hydrogen-bond donors (Lipinski definition) is 2. The van der Waals surface area contributed by atoms with Gasteiger partial charge in [-0.15, -0.1) is 0 Å². The van der Waals surface area contributed by atoms with Gasteiger partial charge in [-0.2, -0.15) is 5.10 Å². The van der Waals surface area contributed by atoms with E-state index in [4.69, 9.17) is 5.11 Å². The minimum absolute atomic E-state index is 0.00871. The summed E-state index contributed by atoms with van der Waals surface area (Å²) in [5, 5.41) is 15.8. The fourth-order valence-corrected chi connectivity index (χ4v) is 4.93. The Bertz CT molecular complexity index is 1610. The average Bonchev–Trinajstić information content (AvgIpc) is 3.36. The summed E-state index contributed by atoms with van der Waals surface area (Å²) in [4.78, 5) is 43.3. The lowest BCUT2D eigenvalue weighted by molar-refractivity contribution is -0.138. The first-order valence-corrected chi connectivity index (χ1v) is 12.8. The standard InChI is InChI=1S/C29H28FN5O4/c1-4-20-14-25(28(37)34-12-11-18-7-5-6-8-21(18)17(34)3)32-26-15-24(33-35(20)26)22-10-9-19(13-23(22)30)27(36)31-16(2)29(38)39/h5-10,13-17H,4,11-12H2,1-3H3,(H,31,36)(H,38,39). The van der Waals surface area contributed by atoms with E-state index in [1.54, 1.807) is 16.6 Å². The van der Waals surface area contributed by atoms with Crippen LogP contribution in [-0.4, -0.2) is 55.0 Å². The molecule has 2 unspecified atom stereocenters. The van der Waals surface area contributed by atoms with Gasteiger partial charge in [0.2, 0.25) is 0 Å². The van der Waals surface area contributed by atoms with E-state index in [0.717, 1.165) is 23.7 Å². The van der Waals surface area contributed by atoms with Gasteiger partial charge in [0.15, 0.2) is 5.65 Å². The third-order valence-electron chi connectivity index (χ3n) is 7.16. The lowest BCUT2D eigenvalue weighted by atomic mass is 9.93. The number of benzene rings is 2. The summed E-state index contributed by atoms with van der Waals surface area (Å²) >= 11 is 0. The second kappa shape index (κ2) is 10.3. The van der Waals surface area contributed by atoms with Crippen molar-refractivity contribution in [2.75, 3.05) is 6.54 Å². The Kier molecular flexibility index (Phi) is 6.86. The minimum atomic E-state index is -1.19. The number of nitrogens with zero attached hydrogens (tertiary/aromatic N) is 4. The van der Waals surface area contributed by atoms with Crippen LogP contribution in [0.15, 0.2) is 54.6 Å². The molecule has 0 saturated heterocycles. The van der Waals surface area contributed by atoms with Crippen LogP contribution in [0, 0.1) is 5.82 Å². The number of carboxylic acids is 1. The Morgan fingerprint density at radius 3 is 2.64 bits per heavy atom. The maximum Gasteiger partial charge on any atom is 0.325 e. The molecular formula is C29H28FN5O4. The molecule has 2 aromatic heterocycles. The number of rotatable bonds is 6. The molecule has 9 nitrogen and oxygen atoms in total. The first-order valence-electron chi connectivity index (χ1n) is 12.8. The van der Waals surface area contributed by atoms with Gasteiger partial charge >= 0.3 is 5.97 Å². The molecule has 0 radical (unpaired) electrons. The third kappa shape index (κ3) is 4.85. The summed E-state index contributed by atoms with van der Waals surface area (Å²) in [7, 11) is 0. The highest BCUT2D eigenvalue weighted by atomic mass is 19.1. The van der Waals surface area contributed by atoms with Crippen LogP contribution in [0.4, 0.5) is 4.39 Å². The normalized spacial score (nSPS) is 15.6. The molecule has 1 aliphatic heterocycles. The largest absolute Gasteiger partial charge is 0.480 e. The molecular weight excluding hydrogens is 501 g/mol. The zero-order valence-corrected chi connectivity index (χ0v) is 21.8. The molecule has 0 spiro atoms. The van der Waals surface area contributed by atoms with Crippen molar-refractivity contribution in [1.82, 2.24) is 24.8 Å². The fraction of sp³-hybridized carbons (Fsp3) is 0.276. The molecule has 0 bridgehead atoms. The first kappa shape index (κ1) is 26.0. The van der Waals surface area contributed by atoms with Crippen molar-refractivity contribution in [1.29, 1.82) is 0 Å². The predicted octanol–water partition coefficient (Wildman–Crippen LogP) is 4.06. The highest BCUT2D eigenvalue weighted by Gasteiger charge is 2.29. The van der Waals surface area contributed by atoms with Crippen molar-refractivity contribution in [3.8, 4) is 11.3 Å². The average molecular weight is 530 g/mol. The van der Waals surface area contributed by atoms with E-state index in [1.165, 1.54) is 24.6 Å². The number of carbonyl (C=O) groups excluding carboxylic acids is 2. The number of carbonyl (C=O) groups is 3. The van der Waals surface area contributed by atoms with Gasteiger partial charge in [0.05, 0.1) is 11.7 Å². The minimum Gasteiger partial charge on any atom is -0.480 e. The second-order valence-corrected chi connectivity index (χ2v) is 9.64. The van der Waals surface area contributed by atoms with E-state index >= 15 is 4.39 Å². The number of carboxylic acid groups (broad SMARTS) is 1. The number of halogens is 1. The Morgan fingerprint density at radius 2 is 1.92 bits per heavy atom. The van der Waals surface area contributed by atoms with Crippen molar-refractivity contribution < 1.29 is 23.9 Å². The summed E-state index contributed by atoms with van der Waals surface area (Å²) < 4.78 is 16.7. The van der Waals surface area contributed by atoms with Gasteiger partial charge in [-0.3, -0.25) is 14.4 Å². The van der Waals surface area contributed by atoms with Gasteiger partial charge in [-0.05, 0) is 62.1 Å². The molecule has 2 N–H and O–H groups in total. The summed E-state index contributed by atoms with van der Waals surface area (Å²) in [6.07, 6.45) is 1.34. The van der Waals surface area contributed by atoms with Crippen LogP contribution in [0.25, 0.3) is 16.9 Å². The number of nitrogens with one attached hydrogen (secondary N) is 1. The number of amides is 2. The van der Waals surface area contributed by atoms with Gasteiger partial charge in [0.25, 0.3) is 11.8 Å². The highest BCUT2D eigenvalue weighted by Crippen LogP contribution is 2.31. The van der Waals surface area contributed by atoms with Crippen molar-refractivity contribution in [2.45, 2.75) is 45.7 Å². The van der Waals surface area contributed by atoms with Crippen LogP contribution >= 0.6 is 0 Å². The number of fused-ring (bicyclic) bond motifs is 2. The molecule has 10 heteroatoms. The molecule has 1 aliphatic rings. The van der Waals surface area contributed by atoms with Crippen LogP contribution in [0.1, 0.15) is 64.5 Å². The van der Waals surface area contributed by atoms with Crippen molar-refractivity contribution in [2.24, 2.45) is 0 Å². The smallest absolute Gasteiger partial charge is 0.325 e. The van der Waals surface area contributed by atoms with Gasteiger partial charge in [0.1, 0.15) is 17.6 Å². The third-order valence-corrected chi connectivity index (χ3v) is 7.16. The zero-order chi connectivity index (χ0) is 27.8. The van der Waals surface area contributed by atoms with Crippen LogP contribution < -0.4 is 5.32 Å². The summed E-state index contributed by atoms with van der Waals surface area (Å²) in [6, 6.07) is 14.1. The van der Waals surface area contributed by atoms with E-state index in [-0.39, 0.29) is 23.1 Å². The Hall–Kier alpha value is -4.60. The second-order valence-electron chi connectivity index (χ2n) is 9.64. The summed E-state index contributed by atoms with van der Waals surface area (Å²) in [6.45, 7) is 5.87. The van der Waals surface area contributed by atoms with Gasteiger partial charge in [-0.1, -0.05) is 31.2 Å². The summed E-state index contributed by atoms with van der Waals surface area (Å²) in [5.41, 5.74) is 4.28. The van der Waals surface area contributed by atoms with Crippen LogP contribution in [0.5, 0.6) is 0 Å². The number of aryl methyl sites for hydroxylation is 1. The van der Waals surface area contributed by atoms with E-state index in [1.807, 2.05) is 36.9 Å². The van der Waals surface area contributed by atoms with E-state index in [0.29, 0.717) is 30.0 Å². The van der Waals surface area contributed by atoms with Crippen LogP contribution in [0.3, 0.4) is 0 Å². The lowest BCUT2D eigenvalue weighted by Gasteiger charge is -2.35.